The third-order valence-electron chi connectivity index (χ3n) is 3.74. The van der Waals surface area contributed by atoms with Crippen LogP contribution < -0.4 is 14.2 Å². The molecule has 1 heterocycles. The zero-order valence-corrected chi connectivity index (χ0v) is 16.3. The summed E-state index contributed by atoms with van der Waals surface area (Å²) >= 11 is 6.15. The quantitative estimate of drug-likeness (QED) is 0.415. The first kappa shape index (κ1) is 19.5. The van der Waals surface area contributed by atoms with Gasteiger partial charge in [0.05, 0.1) is 32.6 Å². The lowest BCUT2D eigenvalue weighted by molar-refractivity contribution is 0.107. The second-order valence-electron chi connectivity index (χ2n) is 5.49. The minimum atomic E-state index is 0.0284. The number of benzene rings is 2. The van der Waals surface area contributed by atoms with E-state index < -0.39 is 0 Å². The molecular formula is C19H18ClN3O5. The average Bonchev–Trinajstić information content (AvgIpc) is 3.19. The highest BCUT2D eigenvalue weighted by atomic mass is 35.5. The van der Waals surface area contributed by atoms with Crippen molar-refractivity contribution in [2.45, 2.75) is 6.61 Å². The highest BCUT2D eigenvalue weighted by Gasteiger charge is 2.11. The number of methoxy groups -OCH3 is 3. The van der Waals surface area contributed by atoms with Crippen LogP contribution >= 0.6 is 11.6 Å². The summed E-state index contributed by atoms with van der Waals surface area (Å²) in [6, 6.07) is 10.7. The molecule has 0 radical (unpaired) electrons. The van der Waals surface area contributed by atoms with Gasteiger partial charge in [-0.3, -0.25) is 0 Å². The second kappa shape index (κ2) is 9.09. The van der Waals surface area contributed by atoms with Crippen LogP contribution in [0.2, 0.25) is 5.02 Å². The molecule has 0 spiro atoms. The summed E-state index contributed by atoms with van der Waals surface area (Å²) in [5.41, 5.74) is 1.49. The van der Waals surface area contributed by atoms with E-state index in [1.165, 1.54) is 20.4 Å². The van der Waals surface area contributed by atoms with Crippen molar-refractivity contribution in [3.63, 3.8) is 0 Å². The Morgan fingerprint density at radius 1 is 1.07 bits per heavy atom. The predicted molar refractivity (Wildman–Crippen MR) is 103 cm³/mol. The van der Waals surface area contributed by atoms with Crippen molar-refractivity contribution in [1.82, 2.24) is 10.1 Å². The summed E-state index contributed by atoms with van der Waals surface area (Å²) in [5.74, 6) is 2.46. The number of hydrogen-bond donors (Lipinski definition) is 0. The van der Waals surface area contributed by atoms with Crippen molar-refractivity contribution in [1.29, 1.82) is 0 Å². The molecule has 28 heavy (non-hydrogen) atoms. The standard InChI is InChI=1S/C19H18ClN3O5/c1-24-14-6-4-13(5-7-14)19-22-17(28-23-19)11-27-21-10-12-8-15(20)18(26-3)16(9-12)25-2/h4-10H,11H2,1-3H3/b21-10-. The summed E-state index contributed by atoms with van der Waals surface area (Å²) in [6.07, 6.45) is 1.49. The lowest BCUT2D eigenvalue weighted by Crippen LogP contribution is -1.94. The van der Waals surface area contributed by atoms with Gasteiger partial charge in [-0.2, -0.15) is 4.98 Å². The van der Waals surface area contributed by atoms with Crippen LogP contribution in [0.4, 0.5) is 0 Å². The van der Waals surface area contributed by atoms with E-state index in [-0.39, 0.29) is 6.61 Å². The van der Waals surface area contributed by atoms with Gasteiger partial charge < -0.3 is 23.6 Å². The molecule has 0 bridgehead atoms. The lowest BCUT2D eigenvalue weighted by atomic mass is 10.2. The molecule has 2 aromatic carbocycles. The van der Waals surface area contributed by atoms with E-state index in [0.717, 1.165) is 11.3 Å². The Bertz CT molecular complexity index is 957. The fourth-order valence-corrected chi connectivity index (χ4v) is 2.67. The van der Waals surface area contributed by atoms with Crippen molar-refractivity contribution in [2.75, 3.05) is 21.3 Å². The first-order valence-corrected chi connectivity index (χ1v) is 8.56. The van der Waals surface area contributed by atoms with Crippen molar-refractivity contribution in [3.8, 4) is 28.6 Å². The van der Waals surface area contributed by atoms with E-state index in [4.69, 9.17) is 35.2 Å². The molecule has 1 aromatic heterocycles. The highest BCUT2D eigenvalue weighted by Crippen LogP contribution is 2.35. The third kappa shape index (κ3) is 4.52. The molecule has 0 saturated heterocycles. The van der Waals surface area contributed by atoms with Gasteiger partial charge in [0.25, 0.3) is 5.89 Å². The first-order chi connectivity index (χ1) is 13.6. The Morgan fingerprint density at radius 3 is 2.54 bits per heavy atom. The number of hydrogen-bond acceptors (Lipinski definition) is 8. The molecular weight excluding hydrogens is 386 g/mol. The lowest BCUT2D eigenvalue weighted by Gasteiger charge is -2.09. The monoisotopic (exact) mass is 403 g/mol. The molecule has 0 N–H and O–H groups in total. The van der Waals surface area contributed by atoms with E-state index in [9.17, 15) is 0 Å². The predicted octanol–water partition coefficient (Wildman–Crippen LogP) is 3.97. The minimum Gasteiger partial charge on any atom is -0.497 e. The molecule has 0 amide bonds. The molecule has 146 valence electrons. The van der Waals surface area contributed by atoms with Gasteiger partial charge in [-0.25, -0.2) is 0 Å². The normalized spacial score (nSPS) is 10.9. The van der Waals surface area contributed by atoms with Gasteiger partial charge >= 0.3 is 0 Å². The SMILES string of the molecule is COc1ccc(-c2noc(CO/N=C\c3cc(Cl)c(OC)c(OC)c3)n2)cc1. The Kier molecular flexibility index (Phi) is 6.33. The van der Waals surface area contributed by atoms with E-state index in [2.05, 4.69) is 15.3 Å². The van der Waals surface area contributed by atoms with E-state index in [0.29, 0.717) is 33.8 Å². The van der Waals surface area contributed by atoms with E-state index in [1.807, 2.05) is 24.3 Å². The highest BCUT2D eigenvalue weighted by molar-refractivity contribution is 6.32. The maximum atomic E-state index is 6.15. The van der Waals surface area contributed by atoms with Crippen molar-refractivity contribution < 1.29 is 23.6 Å². The van der Waals surface area contributed by atoms with Gasteiger partial charge in [0.2, 0.25) is 5.82 Å². The summed E-state index contributed by atoms with van der Waals surface area (Å²) in [4.78, 5) is 9.49. The molecule has 0 aliphatic heterocycles. The Hall–Kier alpha value is -3.26. The number of nitrogens with zero attached hydrogens (tertiary/aromatic N) is 3. The molecule has 9 heteroatoms. The molecule has 0 aliphatic carbocycles. The minimum absolute atomic E-state index is 0.0284. The van der Waals surface area contributed by atoms with Crippen LogP contribution in [0.5, 0.6) is 17.2 Å². The summed E-state index contributed by atoms with van der Waals surface area (Å²) in [6.45, 7) is 0.0284. The molecule has 8 nitrogen and oxygen atoms in total. The third-order valence-corrected chi connectivity index (χ3v) is 4.02. The van der Waals surface area contributed by atoms with E-state index >= 15 is 0 Å². The van der Waals surface area contributed by atoms with Gasteiger partial charge in [0.1, 0.15) is 5.75 Å². The van der Waals surface area contributed by atoms with E-state index in [1.54, 1.807) is 19.2 Å². The van der Waals surface area contributed by atoms with Crippen LogP contribution in [0, 0.1) is 0 Å². The van der Waals surface area contributed by atoms with Crippen molar-refractivity contribution in [2.24, 2.45) is 5.16 Å². The maximum Gasteiger partial charge on any atom is 0.267 e. The number of halogens is 1. The van der Waals surface area contributed by atoms with Crippen LogP contribution in [0.15, 0.2) is 46.1 Å². The Balaban J connectivity index is 1.61. The zero-order valence-electron chi connectivity index (χ0n) is 15.5. The van der Waals surface area contributed by atoms with Crippen LogP contribution in [-0.4, -0.2) is 37.7 Å². The summed E-state index contributed by atoms with van der Waals surface area (Å²) in [7, 11) is 4.65. The van der Waals surface area contributed by atoms with Gasteiger partial charge in [0.15, 0.2) is 18.1 Å². The number of ether oxygens (including phenoxy) is 3. The zero-order chi connectivity index (χ0) is 19.9. The van der Waals surface area contributed by atoms with Gasteiger partial charge in [-0.05, 0) is 36.4 Å². The number of rotatable bonds is 8. The van der Waals surface area contributed by atoms with Crippen LogP contribution in [-0.2, 0) is 11.4 Å². The van der Waals surface area contributed by atoms with Crippen LogP contribution in [0.25, 0.3) is 11.4 Å². The largest absolute Gasteiger partial charge is 0.497 e. The van der Waals surface area contributed by atoms with Crippen molar-refractivity contribution >= 4 is 17.8 Å². The smallest absolute Gasteiger partial charge is 0.267 e. The molecule has 0 fully saturated rings. The van der Waals surface area contributed by atoms with Gasteiger partial charge in [-0.1, -0.05) is 21.9 Å². The summed E-state index contributed by atoms with van der Waals surface area (Å²) in [5, 5.41) is 8.22. The van der Waals surface area contributed by atoms with Gasteiger partial charge in [-0.15, -0.1) is 0 Å². The molecule has 0 aliphatic rings. The van der Waals surface area contributed by atoms with Crippen LogP contribution in [0.3, 0.4) is 0 Å². The molecule has 3 rings (SSSR count). The Morgan fingerprint density at radius 2 is 1.86 bits per heavy atom. The fourth-order valence-electron chi connectivity index (χ4n) is 2.37. The first-order valence-electron chi connectivity index (χ1n) is 8.18. The summed E-state index contributed by atoms with van der Waals surface area (Å²) < 4.78 is 20.7. The van der Waals surface area contributed by atoms with Crippen molar-refractivity contribution in [3.05, 3.63) is 52.9 Å². The Labute approximate surface area is 166 Å². The topological polar surface area (TPSA) is 88.2 Å². The number of oxime groups is 1. The molecule has 0 unspecified atom stereocenters. The number of aromatic nitrogens is 2. The molecule has 0 atom stereocenters. The second-order valence-corrected chi connectivity index (χ2v) is 5.89. The fraction of sp³-hybridized carbons (Fsp3) is 0.211. The average molecular weight is 404 g/mol. The van der Waals surface area contributed by atoms with Crippen LogP contribution in [0.1, 0.15) is 11.5 Å². The maximum absolute atomic E-state index is 6.15. The van der Waals surface area contributed by atoms with Gasteiger partial charge in [0, 0.05) is 11.1 Å². The molecule has 0 saturated carbocycles. The molecule has 3 aromatic rings.